The summed E-state index contributed by atoms with van der Waals surface area (Å²) in [5, 5.41) is 0. The summed E-state index contributed by atoms with van der Waals surface area (Å²) in [5.41, 5.74) is 0. The minimum absolute atomic E-state index is 0.00360. The van der Waals surface area contributed by atoms with Crippen LogP contribution < -0.4 is 4.72 Å². The molecule has 0 radical (unpaired) electrons. The number of carbonyl (C=O) groups is 2. The van der Waals surface area contributed by atoms with Crippen LogP contribution in [0.25, 0.3) is 0 Å². The molecular weight excluding hydrogens is 466 g/mol. The van der Waals surface area contributed by atoms with Crippen molar-refractivity contribution in [2.75, 3.05) is 12.3 Å². The minimum atomic E-state index is -3.21. The van der Waals surface area contributed by atoms with E-state index in [1.165, 1.54) is 6.42 Å². The topological polar surface area (TPSA) is 96.0 Å². The predicted octanol–water partition coefficient (Wildman–Crippen LogP) is 4.04. The van der Waals surface area contributed by atoms with Crippen LogP contribution in [0.3, 0.4) is 0 Å². The van der Waals surface area contributed by atoms with Crippen molar-refractivity contribution < 1.29 is 22.7 Å². The normalized spacial score (nSPS) is 34.8. The van der Waals surface area contributed by atoms with Crippen molar-refractivity contribution in [1.82, 2.24) is 14.5 Å². The molecule has 5 unspecified atom stereocenters. The van der Waals surface area contributed by atoms with Crippen molar-refractivity contribution in [3.8, 4) is 0 Å². The van der Waals surface area contributed by atoms with E-state index in [2.05, 4.69) is 4.72 Å². The predicted molar refractivity (Wildman–Crippen MR) is 135 cm³/mol. The van der Waals surface area contributed by atoms with Gasteiger partial charge >= 0.3 is 6.09 Å². The SMILES string of the molecule is CCS(=O)(=O)NC1CCCC(C2CCC3C(C2)N(C(=O)OC2CCCCC2)C[C@H](C)N3C(C)=O)C1. The Hall–Kier alpha value is -1.35. The van der Waals surface area contributed by atoms with Crippen molar-refractivity contribution in [2.24, 2.45) is 11.8 Å². The number of hydrogen-bond acceptors (Lipinski definition) is 5. The van der Waals surface area contributed by atoms with Crippen molar-refractivity contribution in [1.29, 1.82) is 0 Å². The first-order valence-electron chi connectivity index (χ1n) is 13.9. The molecular formula is C26H45N3O5S. The maximum Gasteiger partial charge on any atom is 0.410 e. The third-order valence-electron chi connectivity index (χ3n) is 9.04. The number of amides is 2. The van der Waals surface area contributed by atoms with Gasteiger partial charge in [-0.05, 0) is 83.5 Å². The third kappa shape index (κ3) is 6.32. The number of carbonyl (C=O) groups excluding carboxylic acids is 2. The Morgan fingerprint density at radius 2 is 1.63 bits per heavy atom. The molecule has 8 nitrogen and oxygen atoms in total. The van der Waals surface area contributed by atoms with Crippen molar-refractivity contribution in [2.45, 2.75) is 128 Å². The Morgan fingerprint density at radius 1 is 0.914 bits per heavy atom. The number of nitrogens with one attached hydrogen (secondary N) is 1. The van der Waals surface area contributed by atoms with Crippen LogP contribution in [0.1, 0.15) is 97.8 Å². The summed E-state index contributed by atoms with van der Waals surface area (Å²) >= 11 is 0. The lowest BCUT2D eigenvalue weighted by molar-refractivity contribution is -0.143. The fraction of sp³-hybridized carbons (Fsp3) is 0.923. The molecule has 1 saturated heterocycles. The van der Waals surface area contributed by atoms with E-state index < -0.39 is 10.0 Å². The largest absolute Gasteiger partial charge is 0.446 e. The molecule has 0 aromatic carbocycles. The van der Waals surface area contributed by atoms with Gasteiger partial charge in [0.05, 0.1) is 17.8 Å². The summed E-state index contributed by atoms with van der Waals surface area (Å²) in [5.74, 6) is 1.06. The van der Waals surface area contributed by atoms with E-state index in [4.69, 9.17) is 4.74 Å². The lowest BCUT2D eigenvalue weighted by Gasteiger charge is -2.54. The average molecular weight is 512 g/mol. The highest BCUT2D eigenvalue weighted by atomic mass is 32.2. The van der Waals surface area contributed by atoms with Crippen LogP contribution in [-0.4, -0.2) is 72.8 Å². The van der Waals surface area contributed by atoms with E-state index in [-0.39, 0.29) is 48.0 Å². The van der Waals surface area contributed by atoms with Crippen LogP contribution in [0.4, 0.5) is 4.79 Å². The molecule has 0 aromatic rings. The first-order valence-corrected chi connectivity index (χ1v) is 15.6. The quantitative estimate of drug-likeness (QED) is 0.601. The van der Waals surface area contributed by atoms with Gasteiger partial charge in [0, 0.05) is 25.6 Å². The standard InChI is InChI=1S/C26H45N3O5S/c1-4-35(32,33)27-22-10-8-9-20(15-22)21-13-14-24-25(16-21)28(17-18(2)29(24)19(3)30)26(31)34-23-11-6-5-7-12-23/h18,20-25,27H,4-17H2,1-3H3/t18-,20?,21?,22?,24?,25?/m0/s1. The zero-order valence-corrected chi connectivity index (χ0v) is 22.6. The number of fused-ring (bicyclic) bond motifs is 1. The molecule has 3 aliphatic carbocycles. The molecule has 9 heteroatoms. The molecule has 6 atom stereocenters. The van der Waals surface area contributed by atoms with Gasteiger partial charge in [-0.1, -0.05) is 19.3 Å². The molecule has 0 aromatic heterocycles. The van der Waals surface area contributed by atoms with E-state index in [9.17, 15) is 18.0 Å². The molecule has 4 aliphatic rings. The van der Waals surface area contributed by atoms with Gasteiger partial charge in [0.15, 0.2) is 0 Å². The Balaban J connectivity index is 1.47. The van der Waals surface area contributed by atoms with E-state index in [0.717, 1.165) is 70.6 Å². The minimum Gasteiger partial charge on any atom is -0.446 e. The molecule has 0 bridgehead atoms. The number of piperazine rings is 1. The van der Waals surface area contributed by atoms with Gasteiger partial charge in [0.25, 0.3) is 0 Å². The van der Waals surface area contributed by atoms with Crippen molar-refractivity contribution in [3.05, 3.63) is 0 Å². The van der Waals surface area contributed by atoms with Gasteiger partial charge in [-0.15, -0.1) is 0 Å². The molecule has 1 heterocycles. The molecule has 1 N–H and O–H groups in total. The second-order valence-corrected chi connectivity index (χ2v) is 13.5. The zero-order chi connectivity index (χ0) is 25.2. The number of rotatable bonds is 5. The second-order valence-electron chi connectivity index (χ2n) is 11.4. The van der Waals surface area contributed by atoms with Crippen LogP contribution in [0.5, 0.6) is 0 Å². The highest BCUT2D eigenvalue weighted by molar-refractivity contribution is 7.89. The van der Waals surface area contributed by atoms with Crippen LogP contribution >= 0.6 is 0 Å². The Morgan fingerprint density at radius 3 is 2.31 bits per heavy atom. The molecule has 2 amide bonds. The molecule has 1 aliphatic heterocycles. The first-order chi connectivity index (χ1) is 16.7. The van der Waals surface area contributed by atoms with Gasteiger partial charge in [-0.3, -0.25) is 4.79 Å². The molecule has 3 saturated carbocycles. The van der Waals surface area contributed by atoms with Gasteiger partial charge in [-0.2, -0.15) is 0 Å². The zero-order valence-electron chi connectivity index (χ0n) is 21.8. The summed E-state index contributed by atoms with van der Waals surface area (Å²) in [7, 11) is -3.21. The molecule has 35 heavy (non-hydrogen) atoms. The van der Waals surface area contributed by atoms with Crippen LogP contribution in [-0.2, 0) is 19.6 Å². The summed E-state index contributed by atoms with van der Waals surface area (Å²) in [6.07, 6.45) is 11.8. The monoisotopic (exact) mass is 511 g/mol. The third-order valence-corrected chi connectivity index (χ3v) is 10.5. The first kappa shape index (κ1) is 26.7. The summed E-state index contributed by atoms with van der Waals surface area (Å²) < 4.78 is 33.2. The number of sulfonamides is 1. The summed E-state index contributed by atoms with van der Waals surface area (Å²) in [6.45, 7) is 5.87. The number of ether oxygens (including phenoxy) is 1. The molecule has 4 fully saturated rings. The molecule has 0 spiro atoms. The van der Waals surface area contributed by atoms with E-state index in [1.807, 2.05) is 16.7 Å². The van der Waals surface area contributed by atoms with Gasteiger partial charge in [0.1, 0.15) is 6.10 Å². The van der Waals surface area contributed by atoms with Crippen molar-refractivity contribution in [3.63, 3.8) is 0 Å². The molecule has 4 rings (SSSR count). The Bertz CT molecular complexity index is 859. The molecule has 200 valence electrons. The van der Waals surface area contributed by atoms with E-state index in [0.29, 0.717) is 18.4 Å². The maximum absolute atomic E-state index is 13.4. The number of hydrogen-bond donors (Lipinski definition) is 1. The smallest absolute Gasteiger partial charge is 0.410 e. The summed E-state index contributed by atoms with van der Waals surface area (Å²) in [4.78, 5) is 29.9. The van der Waals surface area contributed by atoms with Crippen LogP contribution in [0.2, 0.25) is 0 Å². The fourth-order valence-electron chi connectivity index (χ4n) is 7.33. The van der Waals surface area contributed by atoms with Crippen LogP contribution in [0, 0.1) is 11.8 Å². The van der Waals surface area contributed by atoms with Crippen LogP contribution in [0.15, 0.2) is 0 Å². The van der Waals surface area contributed by atoms with E-state index >= 15 is 0 Å². The van der Waals surface area contributed by atoms with Gasteiger partial charge in [0.2, 0.25) is 15.9 Å². The number of nitrogens with zero attached hydrogens (tertiary/aromatic N) is 2. The van der Waals surface area contributed by atoms with E-state index in [1.54, 1.807) is 13.8 Å². The maximum atomic E-state index is 13.4. The lowest BCUT2D eigenvalue weighted by Crippen LogP contribution is -2.67. The average Bonchev–Trinajstić information content (AvgIpc) is 2.83. The fourth-order valence-corrected chi connectivity index (χ4v) is 8.22. The Labute approximate surface area is 211 Å². The summed E-state index contributed by atoms with van der Waals surface area (Å²) in [6, 6.07) is -0.0161. The highest BCUT2D eigenvalue weighted by Crippen LogP contribution is 2.43. The van der Waals surface area contributed by atoms with Gasteiger partial charge < -0.3 is 14.5 Å². The Kier molecular flexibility index (Phi) is 8.67. The second kappa shape index (κ2) is 11.4. The van der Waals surface area contributed by atoms with Crippen molar-refractivity contribution >= 4 is 22.0 Å². The highest BCUT2D eigenvalue weighted by Gasteiger charge is 2.48. The van der Waals surface area contributed by atoms with Gasteiger partial charge in [-0.25, -0.2) is 17.9 Å². The lowest BCUT2D eigenvalue weighted by atomic mass is 9.69.